The van der Waals surface area contributed by atoms with E-state index in [9.17, 15) is 14.7 Å². The van der Waals surface area contributed by atoms with Gasteiger partial charge in [-0.1, -0.05) is 71.0 Å². The van der Waals surface area contributed by atoms with Gasteiger partial charge in [-0.25, -0.2) is 9.78 Å². The SMILES string of the molecule is CC(C)CN(Cc1ccc(-c2csc(CN(CC(=O)O)C(=O)N3CCOCC3)n2)cc1)c1ccc(C(C)(C)C)cc1. The lowest BCUT2D eigenvalue weighted by Gasteiger charge is -2.31. The van der Waals surface area contributed by atoms with E-state index in [2.05, 4.69) is 88.0 Å². The fourth-order valence-corrected chi connectivity index (χ4v) is 5.68. The molecule has 41 heavy (non-hydrogen) atoms. The van der Waals surface area contributed by atoms with Gasteiger partial charge < -0.3 is 24.5 Å². The van der Waals surface area contributed by atoms with Crippen molar-refractivity contribution in [1.82, 2.24) is 14.8 Å². The normalized spacial score (nSPS) is 13.9. The number of hydrogen-bond donors (Lipinski definition) is 1. The van der Waals surface area contributed by atoms with E-state index in [1.54, 1.807) is 4.90 Å². The highest BCUT2D eigenvalue weighted by molar-refractivity contribution is 7.09. The van der Waals surface area contributed by atoms with Gasteiger partial charge in [0.15, 0.2) is 0 Å². The first-order chi connectivity index (χ1) is 19.5. The number of anilines is 1. The first-order valence-corrected chi connectivity index (χ1v) is 15.1. The molecule has 0 atom stereocenters. The lowest BCUT2D eigenvalue weighted by Crippen LogP contribution is -2.49. The molecule has 3 aromatic rings. The Bertz CT molecular complexity index is 1290. The predicted octanol–water partition coefficient (Wildman–Crippen LogP) is 6.11. The Kier molecular flexibility index (Phi) is 10.0. The molecule has 1 aromatic heterocycles. The fourth-order valence-electron chi connectivity index (χ4n) is 4.86. The van der Waals surface area contributed by atoms with Gasteiger partial charge in [0, 0.05) is 42.8 Å². The number of carbonyl (C=O) groups is 2. The van der Waals surface area contributed by atoms with E-state index in [0.717, 1.165) is 24.3 Å². The van der Waals surface area contributed by atoms with Crippen LogP contribution in [-0.2, 0) is 28.0 Å². The summed E-state index contributed by atoms with van der Waals surface area (Å²) in [6.07, 6.45) is 0. The van der Waals surface area contributed by atoms with Gasteiger partial charge in [-0.2, -0.15) is 0 Å². The number of aliphatic carboxylic acids is 1. The molecule has 1 fully saturated rings. The number of thiazole rings is 1. The Morgan fingerprint density at radius 3 is 2.27 bits per heavy atom. The first-order valence-electron chi connectivity index (χ1n) is 14.2. The zero-order valence-electron chi connectivity index (χ0n) is 24.8. The summed E-state index contributed by atoms with van der Waals surface area (Å²) in [5.74, 6) is -0.517. The Morgan fingerprint density at radius 1 is 1.02 bits per heavy atom. The molecule has 0 spiro atoms. The molecule has 8 nitrogen and oxygen atoms in total. The van der Waals surface area contributed by atoms with Gasteiger partial charge in [0.05, 0.1) is 25.5 Å². The summed E-state index contributed by atoms with van der Waals surface area (Å²) in [6, 6.07) is 17.1. The van der Waals surface area contributed by atoms with Crippen molar-refractivity contribution in [3.05, 3.63) is 70.0 Å². The molecule has 0 unspecified atom stereocenters. The van der Waals surface area contributed by atoms with E-state index >= 15 is 0 Å². The van der Waals surface area contributed by atoms with Gasteiger partial charge in [0.1, 0.15) is 11.6 Å². The van der Waals surface area contributed by atoms with E-state index in [0.29, 0.717) is 37.2 Å². The van der Waals surface area contributed by atoms with Gasteiger partial charge in [-0.05, 0) is 34.6 Å². The molecule has 0 aliphatic carbocycles. The second-order valence-corrected chi connectivity index (χ2v) is 13.0. The molecule has 0 bridgehead atoms. The van der Waals surface area contributed by atoms with Crippen LogP contribution in [0.15, 0.2) is 53.9 Å². The molecule has 4 rings (SSSR count). The van der Waals surface area contributed by atoms with Crippen LogP contribution in [0.1, 0.15) is 50.8 Å². The average Bonchev–Trinajstić information content (AvgIpc) is 3.40. The molecule has 220 valence electrons. The number of carbonyl (C=O) groups excluding carboxylic acids is 1. The number of benzene rings is 2. The number of morpholine rings is 1. The maximum Gasteiger partial charge on any atom is 0.323 e. The molecule has 1 saturated heterocycles. The molecule has 0 radical (unpaired) electrons. The highest BCUT2D eigenvalue weighted by Gasteiger charge is 2.25. The molecule has 0 saturated carbocycles. The molecule has 1 N–H and O–H groups in total. The maximum atomic E-state index is 13.0. The summed E-state index contributed by atoms with van der Waals surface area (Å²) in [4.78, 5) is 34.6. The van der Waals surface area contributed by atoms with Gasteiger partial charge in [0.25, 0.3) is 0 Å². The Hall–Kier alpha value is -3.43. The van der Waals surface area contributed by atoms with Gasteiger partial charge in [0.2, 0.25) is 0 Å². The van der Waals surface area contributed by atoms with Crippen LogP contribution in [0.3, 0.4) is 0 Å². The number of hydrogen-bond acceptors (Lipinski definition) is 6. The molecule has 1 aliphatic heterocycles. The van der Waals surface area contributed by atoms with Crippen molar-refractivity contribution < 1.29 is 19.4 Å². The number of carboxylic acids is 1. The van der Waals surface area contributed by atoms with Crippen molar-refractivity contribution >= 4 is 29.0 Å². The van der Waals surface area contributed by atoms with Crippen molar-refractivity contribution in [1.29, 1.82) is 0 Å². The Balaban J connectivity index is 1.44. The van der Waals surface area contributed by atoms with E-state index in [-0.39, 0.29) is 24.5 Å². The third-order valence-corrected chi connectivity index (χ3v) is 7.90. The van der Waals surface area contributed by atoms with E-state index in [1.165, 1.54) is 33.1 Å². The summed E-state index contributed by atoms with van der Waals surface area (Å²) in [5.41, 5.74) is 5.70. The van der Waals surface area contributed by atoms with Crippen LogP contribution in [0.5, 0.6) is 0 Å². The smallest absolute Gasteiger partial charge is 0.323 e. The van der Waals surface area contributed by atoms with E-state index < -0.39 is 5.97 Å². The quantitative estimate of drug-likeness (QED) is 0.313. The predicted molar refractivity (Wildman–Crippen MR) is 164 cm³/mol. The topological polar surface area (TPSA) is 86.2 Å². The maximum absolute atomic E-state index is 13.0. The summed E-state index contributed by atoms with van der Waals surface area (Å²) < 4.78 is 5.32. The van der Waals surface area contributed by atoms with Crippen LogP contribution in [0.25, 0.3) is 11.3 Å². The third-order valence-electron chi connectivity index (χ3n) is 7.06. The highest BCUT2D eigenvalue weighted by atomic mass is 32.1. The van der Waals surface area contributed by atoms with Crippen molar-refractivity contribution in [2.45, 2.75) is 53.1 Å². The Labute approximate surface area is 247 Å². The summed E-state index contributed by atoms with van der Waals surface area (Å²) in [5, 5.41) is 12.1. The number of amides is 2. The monoisotopic (exact) mass is 578 g/mol. The van der Waals surface area contributed by atoms with Gasteiger partial charge in [-0.15, -0.1) is 11.3 Å². The fraction of sp³-hybridized carbons (Fsp3) is 0.469. The molecular weight excluding hydrogens is 536 g/mol. The largest absolute Gasteiger partial charge is 0.480 e. The number of rotatable bonds is 10. The summed E-state index contributed by atoms with van der Waals surface area (Å²) in [6.45, 7) is 14.6. The second-order valence-electron chi connectivity index (χ2n) is 12.0. The van der Waals surface area contributed by atoms with Crippen LogP contribution in [-0.4, -0.2) is 71.3 Å². The Morgan fingerprint density at radius 2 is 1.68 bits per heavy atom. The van der Waals surface area contributed by atoms with E-state index in [1.807, 2.05) is 5.38 Å². The number of aromatic nitrogens is 1. The van der Waals surface area contributed by atoms with Crippen molar-refractivity contribution in [2.75, 3.05) is 44.3 Å². The lowest BCUT2D eigenvalue weighted by molar-refractivity contribution is -0.137. The third kappa shape index (κ3) is 8.53. The number of urea groups is 1. The molecule has 2 aromatic carbocycles. The summed E-state index contributed by atoms with van der Waals surface area (Å²) >= 11 is 1.44. The molecular formula is C32H42N4O4S. The van der Waals surface area contributed by atoms with Crippen LogP contribution < -0.4 is 4.90 Å². The van der Waals surface area contributed by atoms with Crippen molar-refractivity contribution in [3.8, 4) is 11.3 Å². The minimum absolute atomic E-state index is 0.125. The number of nitrogens with zero attached hydrogens (tertiary/aromatic N) is 4. The average molecular weight is 579 g/mol. The highest BCUT2D eigenvalue weighted by Crippen LogP contribution is 2.28. The van der Waals surface area contributed by atoms with Crippen molar-refractivity contribution in [2.24, 2.45) is 5.92 Å². The minimum atomic E-state index is -1.05. The molecule has 2 heterocycles. The van der Waals surface area contributed by atoms with Gasteiger partial charge in [-0.3, -0.25) is 4.79 Å². The zero-order valence-corrected chi connectivity index (χ0v) is 25.6. The lowest BCUT2D eigenvalue weighted by atomic mass is 9.87. The molecule has 1 aliphatic rings. The van der Waals surface area contributed by atoms with Crippen LogP contribution in [0.2, 0.25) is 0 Å². The first kappa shape index (κ1) is 30.5. The standard InChI is InChI=1S/C32H42N4O4S/c1-23(2)18-35(27-12-10-26(11-13-27)32(3,4)5)19-24-6-8-25(9-7-24)28-22-41-29(33-28)20-36(21-30(37)38)31(39)34-14-16-40-17-15-34/h6-13,22-23H,14-21H2,1-5H3,(H,37,38). The summed E-state index contributed by atoms with van der Waals surface area (Å²) in [7, 11) is 0. The molecule has 9 heteroatoms. The number of ether oxygens (including phenoxy) is 1. The zero-order chi connectivity index (χ0) is 29.6. The second kappa shape index (κ2) is 13.5. The van der Waals surface area contributed by atoms with Crippen LogP contribution in [0, 0.1) is 5.92 Å². The van der Waals surface area contributed by atoms with Crippen LogP contribution >= 0.6 is 11.3 Å². The van der Waals surface area contributed by atoms with Crippen LogP contribution in [0.4, 0.5) is 10.5 Å². The number of carboxylic acid groups (broad SMARTS) is 1. The van der Waals surface area contributed by atoms with Gasteiger partial charge >= 0.3 is 12.0 Å². The van der Waals surface area contributed by atoms with E-state index in [4.69, 9.17) is 9.72 Å². The van der Waals surface area contributed by atoms with Crippen molar-refractivity contribution in [3.63, 3.8) is 0 Å². The minimum Gasteiger partial charge on any atom is -0.480 e. The molecule has 2 amide bonds.